The Hall–Kier alpha value is -3.22. The fourth-order valence-corrected chi connectivity index (χ4v) is 8.10. The minimum absolute atomic E-state index is 0.0502. The number of hydrogen-bond donors (Lipinski definition) is 0. The van der Waals surface area contributed by atoms with Gasteiger partial charge in [0.05, 0.1) is 4.91 Å². The third-order valence-corrected chi connectivity index (χ3v) is 10.6. The van der Waals surface area contributed by atoms with Crippen LogP contribution in [-0.2, 0) is 11.3 Å². The lowest BCUT2D eigenvalue weighted by Gasteiger charge is -2.44. The Kier molecular flexibility index (Phi) is 8.64. The first kappa shape index (κ1) is 28.9. The van der Waals surface area contributed by atoms with E-state index in [1.807, 2.05) is 53.4 Å². The van der Waals surface area contributed by atoms with E-state index < -0.39 is 0 Å². The van der Waals surface area contributed by atoms with Crippen LogP contribution in [0.4, 0.5) is 5.69 Å². The highest BCUT2D eigenvalue weighted by molar-refractivity contribution is 8.04. The average molecular weight is 600 g/mol. The van der Waals surface area contributed by atoms with E-state index in [0.29, 0.717) is 30.4 Å². The number of piperazine rings is 1. The van der Waals surface area contributed by atoms with E-state index in [0.717, 1.165) is 47.1 Å². The Morgan fingerprint density at radius 2 is 1.67 bits per heavy atom. The van der Waals surface area contributed by atoms with Gasteiger partial charge in [0.2, 0.25) is 0 Å². The molecule has 7 heteroatoms. The number of benzene rings is 3. The number of halogens is 1. The van der Waals surface area contributed by atoms with E-state index in [4.69, 9.17) is 11.6 Å². The van der Waals surface area contributed by atoms with E-state index in [2.05, 4.69) is 47.9 Å². The molecule has 6 rings (SSSR count). The summed E-state index contributed by atoms with van der Waals surface area (Å²) in [5.41, 5.74) is 6.40. The fourth-order valence-electron chi connectivity index (χ4n) is 6.46. The lowest BCUT2D eigenvalue weighted by molar-refractivity contribution is -0.130. The number of rotatable bonds is 5. The van der Waals surface area contributed by atoms with Crippen LogP contribution < -0.4 is 4.90 Å². The molecule has 5 nitrogen and oxygen atoms in total. The quantitative estimate of drug-likeness (QED) is 0.288. The van der Waals surface area contributed by atoms with Crippen LogP contribution in [-0.4, -0.2) is 59.1 Å². The number of amides is 2. The highest BCUT2D eigenvalue weighted by Crippen LogP contribution is 2.43. The Morgan fingerprint density at radius 1 is 0.929 bits per heavy atom. The van der Waals surface area contributed by atoms with Crippen molar-refractivity contribution in [2.45, 2.75) is 57.4 Å². The first-order valence-electron chi connectivity index (χ1n) is 15.0. The Bertz CT molecular complexity index is 1500. The predicted molar refractivity (Wildman–Crippen MR) is 174 cm³/mol. The first-order valence-corrected chi connectivity index (χ1v) is 16.3. The predicted octanol–water partition coefficient (Wildman–Crippen LogP) is 7.35. The van der Waals surface area contributed by atoms with Crippen LogP contribution in [0.25, 0.3) is 6.08 Å². The minimum Gasteiger partial charge on any atom is -0.368 e. The van der Waals surface area contributed by atoms with Crippen LogP contribution in [0.1, 0.15) is 58.3 Å². The summed E-state index contributed by atoms with van der Waals surface area (Å²) in [5.74, 6) is 0.175. The molecular weight excluding hydrogens is 562 g/mol. The molecule has 2 saturated heterocycles. The molecular formula is C35H38ClN3O2S. The van der Waals surface area contributed by atoms with Gasteiger partial charge < -0.3 is 14.7 Å². The van der Waals surface area contributed by atoms with E-state index in [1.54, 1.807) is 11.8 Å². The molecule has 1 aliphatic carbocycles. The van der Waals surface area contributed by atoms with Crippen molar-refractivity contribution >= 4 is 46.9 Å². The molecule has 2 heterocycles. The third kappa shape index (κ3) is 6.11. The number of carbonyl (C=O) groups is 2. The van der Waals surface area contributed by atoms with Crippen LogP contribution in [0, 0.1) is 13.8 Å². The van der Waals surface area contributed by atoms with Crippen molar-refractivity contribution in [1.82, 2.24) is 9.80 Å². The van der Waals surface area contributed by atoms with Crippen molar-refractivity contribution in [2.75, 3.05) is 31.1 Å². The molecule has 2 amide bonds. The van der Waals surface area contributed by atoms with Crippen molar-refractivity contribution in [3.63, 3.8) is 0 Å². The lowest BCUT2D eigenvalue weighted by Crippen LogP contribution is -2.50. The second kappa shape index (κ2) is 12.6. The van der Waals surface area contributed by atoms with Gasteiger partial charge in [-0.15, -0.1) is 11.8 Å². The van der Waals surface area contributed by atoms with Crippen molar-refractivity contribution in [2.24, 2.45) is 0 Å². The number of hydrogen-bond acceptors (Lipinski definition) is 4. The number of carbonyl (C=O) groups excluding carboxylic acids is 2. The smallest absolute Gasteiger partial charge is 0.260 e. The van der Waals surface area contributed by atoms with Crippen LogP contribution in [0.5, 0.6) is 0 Å². The molecule has 1 saturated carbocycles. The topological polar surface area (TPSA) is 43.9 Å². The molecule has 2 atom stereocenters. The molecule has 3 fully saturated rings. The monoisotopic (exact) mass is 599 g/mol. The number of fused-ring (bicyclic) bond motifs is 1. The molecule has 3 aromatic carbocycles. The highest BCUT2D eigenvalue weighted by atomic mass is 35.5. The molecule has 0 aromatic heterocycles. The van der Waals surface area contributed by atoms with E-state index in [-0.39, 0.29) is 17.9 Å². The van der Waals surface area contributed by atoms with E-state index in [1.165, 1.54) is 29.5 Å². The summed E-state index contributed by atoms with van der Waals surface area (Å²) in [5, 5.41) is 1.16. The number of aryl methyl sites for hydroxylation is 2. The standard InChI is InChI=1S/C35H38ClN3O2S/c1-24-7-3-4-8-28(24)23-39-30-9-5-6-10-32(30)42-33(35(39)41)21-26-12-14-27(15-13-26)34(40)38-19-17-37(18-20-38)31-22-29(36)16-11-25(31)2/h3-4,7-8,11-16,21-22,30,32H,5-6,9-10,17-20,23H2,1-2H3/b33-21+. The molecule has 42 heavy (non-hydrogen) atoms. The normalized spacial score (nSPS) is 21.9. The van der Waals surface area contributed by atoms with Crippen LogP contribution in [0.3, 0.4) is 0 Å². The summed E-state index contributed by atoms with van der Waals surface area (Å²) in [6.45, 7) is 7.75. The maximum Gasteiger partial charge on any atom is 0.260 e. The zero-order valence-electron chi connectivity index (χ0n) is 24.4. The summed E-state index contributed by atoms with van der Waals surface area (Å²) >= 11 is 7.99. The Labute approximate surface area is 258 Å². The Morgan fingerprint density at radius 3 is 2.43 bits per heavy atom. The van der Waals surface area contributed by atoms with Gasteiger partial charge in [0.25, 0.3) is 11.8 Å². The lowest BCUT2D eigenvalue weighted by atomic mass is 9.92. The molecule has 2 aliphatic heterocycles. The van der Waals surface area contributed by atoms with Crippen LogP contribution >= 0.6 is 23.4 Å². The van der Waals surface area contributed by atoms with E-state index >= 15 is 0 Å². The SMILES string of the molecule is Cc1ccccc1CN1C(=O)/C(=C\c2ccc(C(=O)N3CCN(c4cc(Cl)ccc4C)CC3)cc2)SC2CCCCC21. The maximum absolute atomic E-state index is 13.8. The van der Waals surface area contributed by atoms with Gasteiger partial charge in [-0.05, 0) is 79.3 Å². The molecule has 0 bridgehead atoms. The molecule has 2 unspecified atom stereocenters. The highest BCUT2D eigenvalue weighted by Gasteiger charge is 2.40. The van der Waals surface area contributed by atoms with Gasteiger partial charge in [-0.3, -0.25) is 9.59 Å². The summed E-state index contributed by atoms with van der Waals surface area (Å²) in [7, 11) is 0. The van der Waals surface area contributed by atoms with Crippen molar-refractivity contribution in [3.8, 4) is 0 Å². The first-order chi connectivity index (χ1) is 20.4. The second-order valence-electron chi connectivity index (χ2n) is 11.7. The van der Waals surface area contributed by atoms with Gasteiger partial charge in [-0.2, -0.15) is 0 Å². The van der Waals surface area contributed by atoms with Crippen LogP contribution in [0.2, 0.25) is 5.02 Å². The van der Waals surface area contributed by atoms with Gasteiger partial charge in [-0.25, -0.2) is 0 Å². The maximum atomic E-state index is 13.8. The molecule has 3 aromatic rings. The van der Waals surface area contributed by atoms with Crippen LogP contribution in [0.15, 0.2) is 71.6 Å². The summed E-state index contributed by atoms with van der Waals surface area (Å²) in [6, 6.07) is 22.4. The second-order valence-corrected chi connectivity index (χ2v) is 13.4. The van der Waals surface area contributed by atoms with E-state index in [9.17, 15) is 9.59 Å². The average Bonchev–Trinajstić information content (AvgIpc) is 3.01. The number of thioether (sulfide) groups is 1. The molecule has 218 valence electrons. The molecule has 0 radical (unpaired) electrons. The zero-order valence-corrected chi connectivity index (χ0v) is 26.0. The van der Waals surface area contributed by atoms with Crippen molar-refractivity contribution in [1.29, 1.82) is 0 Å². The third-order valence-electron chi connectivity index (χ3n) is 8.95. The summed E-state index contributed by atoms with van der Waals surface area (Å²) < 4.78 is 0. The molecule has 0 spiro atoms. The number of nitrogens with zero attached hydrogens (tertiary/aromatic N) is 3. The van der Waals surface area contributed by atoms with Crippen molar-refractivity contribution in [3.05, 3.63) is 104 Å². The van der Waals surface area contributed by atoms with Gasteiger partial charge in [0, 0.05) is 60.3 Å². The van der Waals surface area contributed by atoms with Gasteiger partial charge >= 0.3 is 0 Å². The molecule has 3 aliphatic rings. The zero-order chi connectivity index (χ0) is 29.2. The number of anilines is 1. The van der Waals surface area contributed by atoms with Gasteiger partial charge in [0.15, 0.2) is 0 Å². The summed E-state index contributed by atoms with van der Waals surface area (Å²) in [6.07, 6.45) is 6.64. The van der Waals surface area contributed by atoms with Gasteiger partial charge in [-0.1, -0.05) is 66.9 Å². The van der Waals surface area contributed by atoms with Crippen molar-refractivity contribution < 1.29 is 9.59 Å². The van der Waals surface area contributed by atoms with Gasteiger partial charge in [0.1, 0.15) is 0 Å². The molecule has 0 N–H and O–H groups in total. The largest absolute Gasteiger partial charge is 0.368 e. The fraction of sp³-hybridized carbons (Fsp3) is 0.371. The summed E-state index contributed by atoms with van der Waals surface area (Å²) in [4.78, 5) is 34.3. The minimum atomic E-state index is 0.0502. The Balaban J connectivity index is 1.14.